The van der Waals surface area contributed by atoms with E-state index < -0.39 is 17.6 Å². The molecule has 10 nitrogen and oxygen atoms in total. The van der Waals surface area contributed by atoms with Gasteiger partial charge in [0.15, 0.2) is 0 Å². The van der Waals surface area contributed by atoms with Crippen molar-refractivity contribution >= 4 is 29.0 Å². The van der Waals surface area contributed by atoms with Crippen LogP contribution in [0.25, 0.3) is 11.5 Å². The highest BCUT2D eigenvalue weighted by molar-refractivity contribution is 6.05. The van der Waals surface area contributed by atoms with E-state index in [2.05, 4.69) is 35.9 Å². The number of alkyl halides is 3. The number of rotatable bonds is 7. The number of hydrogen-bond donors (Lipinski definition) is 3. The van der Waals surface area contributed by atoms with Gasteiger partial charge < -0.3 is 20.5 Å². The summed E-state index contributed by atoms with van der Waals surface area (Å²) < 4.78 is 44.1. The van der Waals surface area contributed by atoms with Gasteiger partial charge in [0.25, 0.3) is 5.91 Å². The highest BCUT2D eigenvalue weighted by Crippen LogP contribution is 2.32. The molecule has 13 heteroatoms. The second kappa shape index (κ2) is 10.5. The van der Waals surface area contributed by atoms with Crippen LogP contribution in [0, 0.1) is 13.8 Å². The van der Waals surface area contributed by atoms with Crippen molar-refractivity contribution in [3.8, 4) is 11.5 Å². The molecule has 5 rings (SSSR count). The van der Waals surface area contributed by atoms with Crippen LogP contribution in [0.4, 0.5) is 36.3 Å². The third kappa shape index (κ3) is 5.62. The van der Waals surface area contributed by atoms with E-state index in [0.717, 1.165) is 17.7 Å². The lowest BCUT2D eigenvalue weighted by atomic mass is 10.1. The molecule has 0 saturated carbocycles. The molecule has 0 saturated heterocycles. The SMILES string of the molecule is CNc1cc(-n2ccnc2Nc2cc(NC(=O)c3cc(-n4cnc(C)c4)cc(C(F)(F)F)c3)ccc2C)ncn1. The van der Waals surface area contributed by atoms with Gasteiger partial charge in [-0.15, -0.1) is 0 Å². The summed E-state index contributed by atoms with van der Waals surface area (Å²) in [4.78, 5) is 30.0. The van der Waals surface area contributed by atoms with Gasteiger partial charge >= 0.3 is 6.18 Å². The zero-order valence-electron chi connectivity index (χ0n) is 21.7. The fourth-order valence-electron chi connectivity index (χ4n) is 3.97. The number of nitrogens with one attached hydrogen (secondary N) is 3. The number of carbonyl (C=O) groups is 1. The van der Waals surface area contributed by atoms with Gasteiger partial charge in [0.05, 0.1) is 17.6 Å². The maximum absolute atomic E-state index is 13.7. The lowest BCUT2D eigenvalue weighted by molar-refractivity contribution is -0.137. The maximum Gasteiger partial charge on any atom is 0.416 e. The Labute approximate surface area is 227 Å². The molecule has 0 radical (unpaired) electrons. The number of nitrogens with zero attached hydrogens (tertiary/aromatic N) is 6. The summed E-state index contributed by atoms with van der Waals surface area (Å²) in [6, 6.07) is 10.1. The Morgan fingerprint density at radius 3 is 2.52 bits per heavy atom. The average molecular weight is 548 g/mol. The molecule has 0 aliphatic heterocycles. The van der Waals surface area contributed by atoms with Gasteiger partial charge in [-0.05, 0) is 49.7 Å². The fourth-order valence-corrected chi connectivity index (χ4v) is 3.97. The number of anilines is 4. The minimum absolute atomic E-state index is 0.147. The van der Waals surface area contributed by atoms with Gasteiger partial charge in [0.2, 0.25) is 5.95 Å². The van der Waals surface area contributed by atoms with Crippen LogP contribution in [0.3, 0.4) is 0 Å². The standard InChI is InChI=1S/C27H24F3N9O/c1-16-4-5-20(11-22(16)37-26-32-6-7-39(26)24-12-23(31-3)33-14-34-24)36-25(40)18-8-19(27(28,29)30)10-21(9-18)38-13-17(2)35-15-38/h4-15H,1-3H3,(H,32,37)(H,36,40)(H,31,33,34). The summed E-state index contributed by atoms with van der Waals surface area (Å²) in [5, 5.41) is 8.89. The maximum atomic E-state index is 13.7. The molecule has 5 aromatic rings. The molecule has 204 valence electrons. The van der Waals surface area contributed by atoms with Crippen molar-refractivity contribution in [2.45, 2.75) is 20.0 Å². The van der Waals surface area contributed by atoms with Gasteiger partial charge in [-0.25, -0.2) is 19.9 Å². The lowest BCUT2D eigenvalue weighted by Crippen LogP contribution is -2.15. The Balaban J connectivity index is 1.42. The summed E-state index contributed by atoms with van der Waals surface area (Å²) in [7, 11) is 1.75. The average Bonchev–Trinajstić information content (AvgIpc) is 3.59. The molecule has 3 heterocycles. The van der Waals surface area contributed by atoms with E-state index in [9.17, 15) is 18.0 Å². The van der Waals surface area contributed by atoms with Crippen molar-refractivity contribution in [2.75, 3.05) is 23.0 Å². The number of hydrogen-bond acceptors (Lipinski definition) is 7. The van der Waals surface area contributed by atoms with Gasteiger partial charge in [-0.1, -0.05) is 6.07 Å². The Hall–Kier alpha value is -5.20. The first kappa shape index (κ1) is 26.4. The second-order valence-electron chi connectivity index (χ2n) is 8.93. The van der Waals surface area contributed by atoms with Crippen LogP contribution in [0.2, 0.25) is 0 Å². The number of imidazole rings is 2. The van der Waals surface area contributed by atoms with E-state index in [1.807, 2.05) is 6.92 Å². The smallest absolute Gasteiger partial charge is 0.373 e. The van der Waals surface area contributed by atoms with Gasteiger partial charge in [-0.3, -0.25) is 9.36 Å². The van der Waals surface area contributed by atoms with Crippen molar-refractivity contribution < 1.29 is 18.0 Å². The summed E-state index contributed by atoms with van der Waals surface area (Å²) in [5.74, 6) is 0.980. The van der Waals surface area contributed by atoms with E-state index in [-0.39, 0.29) is 11.3 Å². The van der Waals surface area contributed by atoms with Crippen LogP contribution < -0.4 is 16.0 Å². The normalized spacial score (nSPS) is 11.3. The molecule has 0 unspecified atom stereocenters. The highest BCUT2D eigenvalue weighted by atomic mass is 19.4. The Morgan fingerprint density at radius 1 is 0.975 bits per heavy atom. The number of aromatic nitrogens is 6. The second-order valence-corrected chi connectivity index (χ2v) is 8.93. The van der Waals surface area contributed by atoms with Crippen molar-refractivity contribution in [3.05, 3.63) is 96.1 Å². The molecule has 0 spiro atoms. The number of carbonyl (C=O) groups excluding carboxylic acids is 1. The Kier molecular flexibility index (Phi) is 6.94. The molecule has 1 amide bonds. The zero-order chi connectivity index (χ0) is 28.4. The van der Waals surface area contributed by atoms with Crippen molar-refractivity contribution in [2.24, 2.45) is 0 Å². The van der Waals surface area contributed by atoms with E-state index in [1.165, 1.54) is 23.3 Å². The van der Waals surface area contributed by atoms with E-state index in [1.54, 1.807) is 61.4 Å². The van der Waals surface area contributed by atoms with Crippen molar-refractivity contribution in [1.29, 1.82) is 0 Å². The molecule has 0 fully saturated rings. The molecular weight excluding hydrogens is 523 g/mol. The first-order valence-electron chi connectivity index (χ1n) is 12.1. The minimum atomic E-state index is -4.64. The molecule has 40 heavy (non-hydrogen) atoms. The number of amides is 1. The summed E-state index contributed by atoms with van der Waals surface area (Å²) >= 11 is 0. The summed E-state index contributed by atoms with van der Waals surface area (Å²) in [6.07, 6.45) is 3.12. The van der Waals surface area contributed by atoms with Crippen LogP contribution in [0.15, 0.2) is 73.7 Å². The van der Waals surface area contributed by atoms with Crippen LogP contribution in [-0.4, -0.2) is 42.0 Å². The van der Waals surface area contributed by atoms with Gasteiger partial charge in [0.1, 0.15) is 18.0 Å². The minimum Gasteiger partial charge on any atom is -0.373 e. The number of aryl methyl sites for hydroxylation is 2. The van der Waals surface area contributed by atoms with E-state index in [0.29, 0.717) is 34.7 Å². The topological polar surface area (TPSA) is 115 Å². The van der Waals surface area contributed by atoms with Crippen LogP contribution in [0.1, 0.15) is 27.2 Å². The van der Waals surface area contributed by atoms with Crippen LogP contribution in [0.5, 0.6) is 0 Å². The first-order valence-corrected chi connectivity index (χ1v) is 12.1. The fraction of sp³-hybridized carbons (Fsp3) is 0.148. The highest BCUT2D eigenvalue weighted by Gasteiger charge is 2.32. The molecular formula is C27H24F3N9O. The Morgan fingerprint density at radius 2 is 1.80 bits per heavy atom. The predicted octanol–water partition coefficient (Wildman–Crippen LogP) is 5.52. The third-order valence-corrected chi connectivity index (χ3v) is 6.06. The van der Waals surface area contributed by atoms with Gasteiger partial charge in [-0.2, -0.15) is 13.2 Å². The lowest BCUT2D eigenvalue weighted by Gasteiger charge is -2.15. The zero-order valence-corrected chi connectivity index (χ0v) is 21.7. The van der Waals surface area contributed by atoms with Crippen molar-refractivity contribution in [1.82, 2.24) is 29.1 Å². The van der Waals surface area contributed by atoms with Crippen LogP contribution >= 0.6 is 0 Å². The predicted molar refractivity (Wildman–Crippen MR) is 144 cm³/mol. The first-order chi connectivity index (χ1) is 19.1. The molecule has 3 aromatic heterocycles. The quantitative estimate of drug-likeness (QED) is 0.246. The summed E-state index contributed by atoms with van der Waals surface area (Å²) in [6.45, 7) is 3.59. The van der Waals surface area contributed by atoms with Gasteiger partial charge in [0, 0.05) is 54.3 Å². The van der Waals surface area contributed by atoms with Crippen molar-refractivity contribution in [3.63, 3.8) is 0 Å². The number of halogens is 3. The van der Waals surface area contributed by atoms with Crippen LogP contribution in [-0.2, 0) is 6.18 Å². The molecule has 0 bridgehead atoms. The van der Waals surface area contributed by atoms with E-state index >= 15 is 0 Å². The summed E-state index contributed by atoms with van der Waals surface area (Å²) in [5.41, 5.74) is 1.58. The molecule has 0 aliphatic carbocycles. The molecule has 0 atom stereocenters. The molecule has 2 aromatic carbocycles. The largest absolute Gasteiger partial charge is 0.416 e. The molecule has 3 N–H and O–H groups in total. The monoisotopic (exact) mass is 547 g/mol. The third-order valence-electron chi connectivity index (χ3n) is 6.06. The molecule has 0 aliphatic rings. The number of benzene rings is 2. The Bertz CT molecular complexity index is 1690. The van der Waals surface area contributed by atoms with E-state index in [4.69, 9.17) is 0 Å².